The number of anilines is 1. The van der Waals surface area contributed by atoms with Gasteiger partial charge in [-0.1, -0.05) is 0 Å². The molecule has 18 heavy (non-hydrogen) atoms. The van der Waals surface area contributed by atoms with Crippen molar-refractivity contribution in [2.45, 2.75) is 31.2 Å². The summed E-state index contributed by atoms with van der Waals surface area (Å²) >= 11 is 0. The monoisotopic (exact) mass is 271 g/mol. The molecule has 0 heterocycles. The van der Waals surface area contributed by atoms with Crippen LogP contribution in [0.1, 0.15) is 20.8 Å². The molecule has 0 bridgehead atoms. The van der Waals surface area contributed by atoms with Crippen LogP contribution in [0, 0.1) is 0 Å². The van der Waals surface area contributed by atoms with E-state index < -0.39 is 10.0 Å². The first-order valence-corrected chi connectivity index (χ1v) is 7.35. The first-order chi connectivity index (χ1) is 8.18. The van der Waals surface area contributed by atoms with E-state index in [1.807, 2.05) is 0 Å². The Hall–Kier alpha value is -1.11. The van der Waals surface area contributed by atoms with E-state index in [-0.39, 0.29) is 10.4 Å². The number of hydrogen-bond donors (Lipinski definition) is 3. The standard InChI is InChI=1S/C12H21N3O2S/c1-12(2,3)15-9-8-14-10-4-6-11(7-5-10)18(13,16)17/h4-7,14-15H,8-9H2,1-3H3,(H2,13,16,17). The molecule has 0 atom stereocenters. The number of hydrogen-bond acceptors (Lipinski definition) is 4. The van der Waals surface area contributed by atoms with Gasteiger partial charge < -0.3 is 10.6 Å². The summed E-state index contributed by atoms with van der Waals surface area (Å²) in [7, 11) is -3.60. The lowest BCUT2D eigenvalue weighted by atomic mass is 10.1. The van der Waals surface area contributed by atoms with Gasteiger partial charge in [0.15, 0.2) is 0 Å². The molecule has 0 saturated heterocycles. The molecule has 6 heteroatoms. The topological polar surface area (TPSA) is 84.2 Å². The summed E-state index contributed by atoms with van der Waals surface area (Å²) < 4.78 is 22.1. The average Bonchev–Trinajstić information content (AvgIpc) is 2.22. The van der Waals surface area contributed by atoms with Crippen LogP contribution in [0.3, 0.4) is 0 Å². The molecule has 4 N–H and O–H groups in total. The van der Waals surface area contributed by atoms with Crippen LogP contribution in [0.2, 0.25) is 0 Å². The normalized spacial score (nSPS) is 12.4. The Balaban J connectivity index is 2.45. The van der Waals surface area contributed by atoms with Gasteiger partial charge in [-0.2, -0.15) is 0 Å². The second-order valence-electron chi connectivity index (χ2n) is 5.17. The van der Waals surface area contributed by atoms with Crippen LogP contribution in [-0.2, 0) is 10.0 Å². The number of primary sulfonamides is 1. The molecule has 0 spiro atoms. The fourth-order valence-electron chi connectivity index (χ4n) is 1.41. The Morgan fingerprint density at radius 1 is 1.11 bits per heavy atom. The minimum atomic E-state index is -3.60. The molecule has 0 aliphatic heterocycles. The summed E-state index contributed by atoms with van der Waals surface area (Å²) in [5, 5.41) is 11.6. The van der Waals surface area contributed by atoms with Crippen LogP contribution in [0.4, 0.5) is 5.69 Å². The fraction of sp³-hybridized carbons (Fsp3) is 0.500. The Kier molecular flexibility index (Phi) is 4.72. The molecule has 0 aliphatic rings. The van der Waals surface area contributed by atoms with Crippen molar-refractivity contribution in [3.63, 3.8) is 0 Å². The largest absolute Gasteiger partial charge is 0.384 e. The zero-order valence-corrected chi connectivity index (χ0v) is 11.8. The Morgan fingerprint density at radius 2 is 1.67 bits per heavy atom. The molecule has 0 radical (unpaired) electrons. The van der Waals surface area contributed by atoms with Crippen molar-refractivity contribution in [2.24, 2.45) is 5.14 Å². The van der Waals surface area contributed by atoms with E-state index in [9.17, 15) is 8.42 Å². The van der Waals surface area contributed by atoms with Crippen LogP contribution in [0.5, 0.6) is 0 Å². The number of nitrogens with one attached hydrogen (secondary N) is 2. The van der Waals surface area contributed by atoms with E-state index in [1.54, 1.807) is 12.1 Å². The number of rotatable bonds is 5. The number of sulfonamides is 1. The highest BCUT2D eigenvalue weighted by atomic mass is 32.2. The Labute approximate surface area is 109 Å². The summed E-state index contributed by atoms with van der Waals surface area (Å²) in [6.07, 6.45) is 0. The lowest BCUT2D eigenvalue weighted by Gasteiger charge is -2.20. The molecule has 0 aromatic heterocycles. The van der Waals surface area contributed by atoms with Crippen LogP contribution >= 0.6 is 0 Å². The number of benzene rings is 1. The number of nitrogens with two attached hydrogens (primary N) is 1. The van der Waals surface area contributed by atoms with Gasteiger partial charge in [0, 0.05) is 24.3 Å². The van der Waals surface area contributed by atoms with Crippen molar-refractivity contribution < 1.29 is 8.42 Å². The second-order valence-corrected chi connectivity index (χ2v) is 6.73. The van der Waals surface area contributed by atoms with Crippen molar-refractivity contribution in [1.82, 2.24) is 5.32 Å². The highest BCUT2D eigenvalue weighted by Crippen LogP contribution is 2.12. The third kappa shape index (κ3) is 5.48. The van der Waals surface area contributed by atoms with Gasteiger partial charge in [-0.15, -0.1) is 0 Å². The second kappa shape index (κ2) is 5.69. The molecular weight excluding hydrogens is 250 g/mol. The lowest BCUT2D eigenvalue weighted by molar-refractivity contribution is 0.435. The van der Waals surface area contributed by atoms with Crippen LogP contribution in [0.25, 0.3) is 0 Å². The first kappa shape index (κ1) is 14.9. The van der Waals surface area contributed by atoms with Crippen molar-refractivity contribution in [3.05, 3.63) is 24.3 Å². The van der Waals surface area contributed by atoms with Crippen molar-refractivity contribution in [2.75, 3.05) is 18.4 Å². The molecular formula is C12H21N3O2S. The molecule has 0 fully saturated rings. The van der Waals surface area contributed by atoms with E-state index in [1.165, 1.54) is 12.1 Å². The molecule has 0 amide bonds. The van der Waals surface area contributed by atoms with Gasteiger partial charge in [-0.25, -0.2) is 13.6 Å². The SMILES string of the molecule is CC(C)(C)NCCNc1ccc(S(N)(=O)=O)cc1. The maximum atomic E-state index is 11.1. The van der Waals surface area contributed by atoms with Gasteiger partial charge in [-0.3, -0.25) is 0 Å². The van der Waals surface area contributed by atoms with E-state index in [4.69, 9.17) is 5.14 Å². The van der Waals surface area contributed by atoms with Crippen LogP contribution < -0.4 is 15.8 Å². The Morgan fingerprint density at radius 3 is 2.11 bits per heavy atom. The molecule has 0 unspecified atom stereocenters. The van der Waals surface area contributed by atoms with Gasteiger partial charge >= 0.3 is 0 Å². The molecule has 0 aliphatic carbocycles. The van der Waals surface area contributed by atoms with Gasteiger partial charge in [0.05, 0.1) is 4.90 Å². The van der Waals surface area contributed by atoms with Gasteiger partial charge in [-0.05, 0) is 45.0 Å². The zero-order valence-electron chi connectivity index (χ0n) is 11.0. The predicted octanol–water partition coefficient (Wildman–Crippen LogP) is 1.13. The Bertz CT molecular complexity index is 475. The first-order valence-electron chi connectivity index (χ1n) is 5.80. The summed E-state index contributed by atoms with van der Waals surface area (Å²) in [4.78, 5) is 0.126. The highest BCUT2D eigenvalue weighted by molar-refractivity contribution is 7.89. The molecule has 1 aromatic rings. The van der Waals surface area contributed by atoms with E-state index >= 15 is 0 Å². The molecule has 1 aromatic carbocycles. The smallest absolute Gasteiger partial charge is 0.238 e. The maximum Gasteiger partial charge on any atom is 0.238 e. The van der Waals surface area contributed by atoms with E-state index in [0.29, 0.717) is 0 Å². The average molecular weight is 271 g/mol. The van der Waals surface area contributed by atoms with Crippen molar-refractivity contribution in [1.29, 1.82) is 0 Å². The summed E-state index contributed by atoms with van der Waals surface area (Å²) in [6.45, 7) is 7.92. The van der Waals surface area contributed by atoms with E-state index in [2.05, 4.69) is 31.4 Å². The van der Waals surface area contributed by atoms with E-state index in [0.717, 1.165) is 18.8 Å². The molecule has 0 saturated carbocycles. The molecule has 1 rings (SSSR count). The van der Waals surface area contributed by atoms with Gasteiger partial charge in [0.1, 0.15) is 0 Å². The van der Waals surface area contributed by atoms with Crippen molar-refractivity contribution in [3.8, 4) is 0 Å². The third-order valence-electron chi connectivity index (χ3n) is 2.29. The minimum Gasteiger partial charge on any atom is -0.384 e. The highest BCUT2D eigenvalue weighted by Gasteiger charge is 2.08. The molecule has 5 nitrogen and oxygen atoms in total. The van der Waals surface area contributed by atoms with Crippen LogP contribution in [-0.4, -0.2) is 27.0 Å². The maximum absolute atomic E-state index is 11.1. The van der Waals surface area contributed by atoms with Crippen LogP contribution in [0.15, 0.2) is 29.2 Å². The third-order valence-corrected chi connectivity index (χ3v) is 3.22. The lowest BCUT2D eigenvalue weighted by Crippen LogP contribution is -2.38. The van der Waals surface area contributed by atoms with Gasteiger partial charge in [0.25, 0.3) is 0 Å². The van der Waals surface area contributed by atoms with Crippen molar-refractivity contribution >= 4 is 15.7 Å². The molecule has 102 valence electrons. The predicted molar refractivity (Wildman–Crippen MR) is 74.1 cm³/mol. The summed E-state index contributed by atoms with van der Waals surface area (Å²) in [5.74, 6) is 0. The summed E-state index contributed by atoms with van der Waals surface area (Å²) in [5.41, 5.74) is 0.970. The zero-order chi connectivity index (χ0) is 13.8. The minimum absolute atomic E-state index is 0.0964. The summed E-state index contributed by atoms with van der Waals surface area (Å²) in [6, 6.07) is 6.40. The quantitative estimate of drug-likeness (QED) is 0.701. The fourth-order valence-corrected chi connectivity index (χ4v) is 1.92. The van der Waals surface area contributed by atoms with Gasteiger partial charge in [0.2, 0.25) is 10.0 Å².